The summed E-state index contributed by atoms with van der Waals surface area (Å²) < 4.78 is 0. The predicted octanol–water partition coefficient (Wildman–Crippen LogP) is 2.81. The van der Waals surface area contributed by atoms with Crippen molar-refractivity contribution in [2.75, 3.05) is 23.4 Å². The number of hydrogen-bond donors (Lipinski definition) is 1. The molecule has 2 rings (SSSR count). The van der Waals surface area contributed by atoms with Gasteiger partial charge in [0.2, 0.25) is 0 Å². The Kier molecular flexibility index (Phi) is 4.06. The van der Waals surface area contributed by atoms with Crippen LogP contribution in [0.4, 0.5) is 11.5 Å². The molecule has 17 heavy (non-hydrogen) atoms. The van der Waals surface area contributed by atoms with Crippen molar-refractivity contribution in [1.29, 1.82) is 0 Å². The summed E-state index contributed by atoms with van der Waals surface area (Å²) in [5.74, 6) is 3.41. The zero-order chi connectivity index (χ0) is 12.3. The number of nitro groups is 1. The van der Waals surface area contributed by atoms with Gasteiger partial charge in [0.25, 0.3) is 5.69 Å². The van der Waals surface area contributed by atoms with Crippen molar-refractivity contribution in [1.82, 2.24) is 4.98 Å². The molecule has 0 amide bonds. The topological polar surface area (TPSA) is 68.1 Å². The predicted molar refractivity (Wildman–Crippen MR) is 69.8 cm³/mol. The van der Waals surface area contributed by atoms with Crippen LogP contribution in [0.15, 0.2) is 12.1 Å². The lowest BCUT2D eigenvalue weighted by molar-refractivity contribution is -0.384. The van der Waals surface area contributed by atoms with Crippen molar-refractivity contribution in [2.45, 2.75) is 6.42 Å². The average molecular weight is 274 g/mol. The van der Waals surface area contributed by atoms with E-state index in [9.17, 15) is 10.1 Å². The molecular weight excluding hydrogens is 262 g/mol. The van der Waals surface area contributed by atoms with Crippen molar-refractivity contribution in [2.24, 2.45) is 5.92 Å². The van der Waals surface area contributed by atoms with E-state index < -0.39 is 4.92 Å². The molecule has 1 saturated heterocycles. The Labute approximate surface area is 108 Å². The van der Waals surface area contributed by atoms with Gasteiger partial charge < -0.3 is 5.32 Å². The van der Waals surface area contributed by atoms with Crippen LogP contribution in [0.1, 0.15) is 6.42 Å². The maximum atomic E-state index is 10.7. The average Bonchev–Trinajstić information content (AvgIpc) is 2.78. The summed E-state index contributed by atoms with van der Waals surface area (Å²) in [5.41, 5.74) is -0.0340. The van der Waals surface area contributed by atoms with Crippen LogP contribution in [-0.4, -0.2) is 28.0 Å². The molecule has 1 aromatic rings. The summed E-state index contributed by atoms with van der Waals surface area (Å²) in [6.45, 7) is 0.789. The second-order valence-electron chi connectivity index (χ2n) is 3.90. The molecule has 0 spiro atoms. The van der Waals surface area contributed by atoms with Crippen molar-refractivity contribution in [3.8, 4) is 0 Å². The van der Waals surface area contributed by atoms with Gasteiger partial charge in [-0.15, -0.1) is 0 Å². The number of nitrogens with one attached hydrogen (secondary N) is 1. The smallest absolute Gasteiger partial charge is 0.276 e. The van der Waals surface area contributed by atoms with Crippen LogP contribution in [0.25, 0.3) is 0 Å². The van der Waals surface area contributed by atoms with Gasteiger partial charge >= 0.3 is 0 Å². The molecule has 2 heterocycles. The maximum Gasteiger partial charge on any atom is 0.276 e. The Morgan fingerprint density at radius 1 is 1.65 bits per heavy atom. The Morgan fingerprint density at radius 2 is 2.47 bits per heavy atom. The van der Waals surface area contributed by atoms with Crippen molar-refractivity contribution in [3.05, 3.63) is 27.4 Å². The van der Waals surface area contributed by atoms with E-state index in [1.807, 2.05) is 11.8 Å². The SMILES string of the molecule is O=[N+]([O-])c1cc(Cl)nc(NCC2CCSC2)c1. The number of pyridine rings is 1. The molecule has 1 N–H and O–H groups in total. The van der Waals surface area contributed by atoms with Crippen LogP contribution in [0.5, 0.6) is 0 Å². The van der Waals surface area contributed by atoms with Crippen LogP contribution in [-0.2, 0) is 0 Å². The van der Waals surface area contributed by atoms with Crippen LogP contribution >= 0.6 is 23.4 Å². The minimum absolute atomic E-state index is 0.0340. The van der Waals surface area contributed by atoms with Crippen molar-refractivity contribution < 1.29 is 4.92 Å². The Morgan fingerprint density at radius 3 is 3.12 bits per heavy atom. The molecule has 1 aliphatic heterocycles. The third-order valence-electron chi connectivity index (χ3n) is 2.59. The Hall–Kier alpha value is -1.01. The number of halogens is 1. The number of nitrogens with zero attached hydrogens (tertiary/aromatic N) is 2. The molecule has 1 fully saturated rings. The second-order valence-corrected chi connectivity index (χ2v) is 5.44. The monoisotopic (exact) mass is 273 g/mol. The first-order valence-corrected chi connectivity index (χ1v) is 6.82. The second kappa shape index (κ2) is 5.55. The van der Waals surface area contributed by atoms with E-state index in [1.165, 1.54) is 24.3 Å². The summed E-state index contributed by atoms with van der Waals surface area (Å²) in [6, 6.07) is 2.66. The highest BCUT2D eigenvalue weighted by Gasteiger charge is 2.16. The molecule has 0 radical (unpaired) electrons. The van der Waals surface area contributed by atoms with Crippen LogP contribution in [0.2, 0.25) is 5.15 Å². The van der Waals surface area contributed by atoms with Crippen LogP contribution < -0.4 is 5.32 Å². The van der Waals surface area contributed by atoms with Gasteiger partial charge in [0.1, 0.15) is 11.0 Å². The van der Waals surface area contributed by atoms with E-state index in [0.29, 0.717) is 11.7 Å². The van der Waals surface area contributed by atoms with Gasteiger partial charge in [-0.1, -0.05) is 11.6 Å². The molecule has 1 unspecified atom stereocenters. The minimum Gasteiger partial charge on any atom is -0.370 e. The number of aromatic nitrogens is 1. The van der Waals surface area contributed by atoms with E-state index in [4.69, 9.17) is 11.6 Å². The standard InChI is InChI=1S/C10H12ClN3O2S/c11-9-3-8(14(15)16)4-10(13-9)12-5-7-1-2-17-6-7/h3-4,7H,1-2,5-6H2,(H,12,13). The summed E-state index contributed by atoms with van der Waals surface area (Å²) >= 11 is 7.66. The number of rotatable bonds is 4. The summed E-state index contributed by atoms with van der Waals surface area (Å²) in [4.78, 5) is 14.2. The molecule has 0 saturated carbocycles. The Bertz CT molecular complexity index is 424. The van der Waals surface area contributed by atoms with Gasteiger partial charge in [-0.05, 0) is 23.8 Å². The number of hydrogen-bond acceptors (Lipinski definition) is 5. The Balaban J connectivity index is 2.01. The van der Waals surface area contributed by atoms with Crippen molar-refractivity contribution >= 4 is 34.9 Å². The summed E-state index contributed by atoms with van der Waals surface area (Å²) in [7, 11) is 0. The molecule has 7 heteroatoms. The highest BCUT2D eigenvalue weighted by atomic mass is 35.5. The van der Waals surface area contributed by atoms with Gasteiger partial charge in [-0.3, -0.25) is 10.1 Å². The highest BCUT2D eigenvalue weighted by molar-refractivity contribution is 7.99. The number of thioether (sulfide) groups is 1. The molecule has 0 bridgehead atoms. The fourth-order valence-electron chi connectivity index (χ4n) is 1.67. The molecule has 1 atom stereocenters. The first-order valence-electron chi connectivity index (χ1n) is 5.29. The third kappa shape index (κ3) is 3.47. The molecule has 1 aliphatic rings. The normalized spacial score (nSPS) is 19.2. The lowest BCUT2D eigenvalue weighted by atomic mass is 10.1. The zero-order valence-electron chi connectivity index (χ0n) is 9.06. The first kappa shape index (κ1) is 12.4. The lowest BCUT2D eigenvalue weighted by Gasteiger charge is -2.10. The molecule has 5 nitrogen and oxygen atoms in total. The van der Waals surface area contributed by atoms with E-state index >= 15 is 0 Å². The maximum absolute atomic E-state index is 10.7. The quantitative estimate of drug-likeness (QED) is 0.519. The third-order valence-corrected chi connectivity index (χ3v) is 4.01. The van der Waals surface area contributed by atoms with Crippen LogP contribution in [0.3, 0.4) is 0 Å². The van der Waals surface area contributed by atoms with E-state index in [0.717, 1.165) is 12.3 Å². The van der Waals surface area contributed by atoms with Gasteiger partial charge in [-0.25, -0.2) is 4.98 Å². The van der Waals surface area contributed by atoms with Gasteiger partial charge in [-0.2, -0.15) is 11.8 Å². The fourth-order valence-corrected chi connectivity index (χ4v) is 3.16. The molecular formula is C10H12ClN3O2S. The molecule has 0 aromatic carbocycles. The largest absolute Gasteiger partial charge is 0.370 e. The fraction of sp³-hybridized carbons (Fsp3) is 0.500. The van der Waals surface area contributed by atoms with Gasteiger partial charge in [0.05, 0.1) is 17.1 Å². The van der Waals surface area contributed by atoms with E-state index in [1.54, 1.807) is 0 Å². The van der Waals surface area contributed by atoms with E-state index in [2.05, 4.69) is 10.3 Å². The lowest BCUT2D eigenvalue weighted by Crippen LogP contribution is -2.14. The zero-order valence-corrected chi connectivity index (χ0v) is 10.6. The van der Waals surface area contributed by atoms with Gasteiger partial charge in [0, 0.05) is 6.54 Å². The molecule has 1 aromatic heterocycles. The van der Waals surface area contributed by atoms with Crippen molar-refractivity contribution in [3.63, 3.8) is 0 Å². The van der Waals surface area contributed by atoms with E-state index in [-0.39, 0.29) is 10.8 Å². The molecule has 0 aliphatic carbocycles. The van der Waals surface area contributed by atoms with Gasteiger partial charge in [0.15, 0.2) is 0 Å². The number of anilines is 1. The first-order chi connectivity index (χ1) is 8.15. The summed E-state index contributed by atoms with van der Waals surface area (Å²) in [5, 5.41) is 13.9. The minimum atomic E-state index is -0.468. The van der Waals surface area contributed by atoms with Crippen LogP contribution in [0, 0.1) is 16.0 Å². The molecule has 92 valence electrons. The highest BCUT2D eigenvalue weighted by Crippen LogP contribution is 2.25. The summed E-state index contributed by atoms with van der Waals surface area (Å²) in [6.07, 6.45) is 1.18.